The van der Waals surface area contributed by atoms with Crippen LogP contribution in [0.4, 0.5) is 11.4 Å². The van der Waals surface area contributed by atoms with Crippen molar-refractivity contribution in [3.8, 4) is 0 Å². The van der Waals surface area contributed by atoms with E-state index in [1.807, 2.05) is 0 Å². The molecule has 0 saturated heterocycles. The Kier molecular flexibility index (Phi) is 1.49. The Balaban J connectivity index is 2.53. The van der Waals surface area contributed by atoms with E-state index in [0.29, 0.717) is 11.4 Å². The first kappa shape index (κ1) is 6.86. The molecule has 1 aliphatic rings. The number of sulfonamides is 1. The third kappa shape index (κ3) is 1.81. The van der Waals surface area contributed by atoms with E-state index in [9.17, 15) is 8.42 Å². The van der Waals surface area contributed by atoms with Gasteiger partial charge in [0.05, 0.1) is 16.3 Å². The van der Waals surface area contributed by atoms with Crippen LogP contribution in [0, 0.1) is 0 Å². The zero-order valence-electron chi connectivity index (χ0n) is 10.6. The molecule has 3 N–H and O–H groups in total. The average Bonchev–Trinajstić information content (AvgIpc) is 2.25. The Labute approximate surface area is 92.5 Å². The topological polar surface area (TPSA) is 75.4 Å². The molecular formula is C9H11N3O2S. The Morgan fingerprint density at radius 1 is 1.53 bits per heavy atom. The number of primary sulfonamides is 1. The predicted molar refractivity (Wildman–Crippen MR) is 59.0 cm³/mol. The molecular weight excluding hydrogens is 214 g/mol. The van der Waals surface area contributed by atoms with Gasteiger partial charge in [-0.05, 0) is 18.2 Å². The van der Waals surface area contributed by atoms with Crippen LogP contribution in [0.15, 0.2) is 35.5 Å². The minimum absolute atomic E-state index is 0.0745. The van der Waals surface area contributed by atoms with Crippen molar-refractivity contribution in [2.45, 2.75) is 4.90 Å². The van der Waals surface area contributed by atoms with Crippen molar-refractivity contribution in [1.82, 2.24) is 0 Å². The molecule has 2 rings (SSSR count). The lowest BCUT2D eigenvalue weighted by atomic mass is 10.2. The van der Waals surface area contributed by atoms with Gasteiger partial charge in [-0.3, -0.25) is 0 Å². The third-order valence-corrected chi connectivity index (χ3v) is 2.93. The number of nitrogens with zero attached hydrogens (tertiary/aromatic N) is 1. The maximum absolute atomic E-state index is 11.2. The van der Waals surface area contributed by atoms with Gasteiger partial charge in [-0.2, -0.15) is 0 Å². The molecule has 0 amide bonds. The van der Waals surface area contributed by atoms with Crippen LogP contribution in [0.25, 0.3) is 0 Å². The number of hydrogen-bond donors (Lipinski definition) is 2. The van der Waals surface area contributed by atoms with E-state index < -0.39 is 17.0 Å². The highest BCUT2D eigenvalue weighted by molar-refractivity contribution is 7.89. The van der Waals surface area contributed by atoms with Crippen molar-refractivity contribution in [2.75, 3.05) is 17.2 Å². The van der Waals surface area contributed by atoms with Crippen LogP contribution >= 0.6 is 0 Å². The molecule has 0 atom stereocenters. The second-order valence-corrected chi connectivity index (χ2v) is 4.62. The second-order valence-electron chi connectivity index (χ2n) is 3.05. The van der Waals surface area contributed by atoms with Crippen LogP contribution in [0.1, 0.15) is 4.11 Å². The molecule has 80 valence electrons. The zero-order chi connectivity index (χ0) is 13.6. The van der Waals surface area contributed by atoms with Crippen LogP contribution < -0.4 is 15.4 Å². The third-order valence-electron chi connectivity index (χ3n) is 2.02. The highest BCUT2D eigenvalue weighted by Crippen LogP contribution is 2.30. The minimum atomic E-state index is -3.81. The number of nitrogens with one attached hydrogen (secondary N) is 1. The highest BCUT2D eigenvalue weighted by Gasteiger charge is 2.14. The van der Waals surface area contributed by atoms with Gasteiger partial charge in [-0.1, -0.05) is 0 Å². The fraction of sp³-hybridized carbons (Fsp3) is 0.111. The van der Waals surface area contributed by atoms with E-state index in [4.69, 9.17) is 9.25 Å². The van der Waals surface area contributed by atoms with E-state index in [0.717, 1.165) is 4.90 Å². The molecule has 6 heteroatoms. The monoisotopic (exact) mass is 228 g/mol. The maximum atomic E-state index is 11.2. The zero-order valence-corrected chi connectivity index (χ0v) is 8.45. The SMILES string of the molecule is [2H]C([2H])([2H])N1C=CNc2cc(S(N)(=O)=O)ccc21. The normalized spacial score (nSPS) is 18.5. The van der Waals surface area contributed by atoms with E-state index in [2.05, 4.69) is 5.32 Å². The molecule has 0 aromatic heterocycles. The van der Waals surface area contributed by atoms with Gasteiger partial charge in [0.2, 0.25) is 10.0 Å². The van der Waals surface area contributed by atoms with Gasteiger partial charge < -0.3 is 10.2 Å². The molecule has 1 aromatic rings. The van der Waals surface area contributed by atoms with Gasteiger partial charge in [0.15, 0.2) is 0 Å². The second kappa shape index (κ2) is 3.25. The quantitative estimate of drug-likeness (QED) is 0.740. The number of fused-ring (bicyclic) bond motifs is 1. The largest absolute Gasteiger partial charge is 0.359 e. The molecule has 1 aromatic carbocycles. The summed E-state index contributed by atoms with van der Waals surface area (Å²) >= 11 is 0. The van der Waals surface area contributed by atoms with Gasteiger partial charge >= 0.3 is 0 Å². The number of hydrogen-bond acceptors (Lipinski definition) is 4. The molecule has 1 heterocycles. The lowest BCUT2D eigenvalue weighted by molar-refractivity contribution is 0.598. The van der Waals surface area contributed by atoms with Crippen molar-refractivity contribution in [3.05, 3.63) is 30.6 Å². The predicted octanol–water partition coefficient (Wildman–Crippen LogP) is 0.667. The summed E-state index contributed by atoms with van der Waals surface area (Å²) in [5, 5.41) is 7.80. The fourth-order valence-electron chi connectivity index (χ4n) is 1.30. The highest BCUT2D eigenvalue weighted by atomic mass is 32.2. The van der Waals surface area contributed by atoms with E-state index in [1.54, 1.807) is 0 Å². The van der Waals surface area contributed by atoms with Gasteiger partial charge in [0.25, 0.3) is 0 Å². The molecule has 0 aliphatic carbocycles. The van der Waals surface area contributed by atoms with Crippen LogP contribution in [0.5, 0.6) is 0 Å². The molecule has 15 heavy (non-hydrogen) atoms. The summed E-state index contributed by atoms with van der Waals surface area (Å²) in [7, 11) is -3.81. The van der Waals surface area contributed by atoms with Gasteiger partial charge in [-0.15, -0.1) is 0 Å². The minimum Gasteiger partial charge on any atom is -0.359 e. The molecule has 0 unspecified atom stereocenters. The summed E-state index contributed by atoms with van der Waals surface area (Å²) in [5.74, 6) is 0. The number of nitrogens with two attached hydrogens (primary N) is 1. The number of anilines is 2. The molecule has 0 spiro atoms. The standard InChI is InChI=1S/C9H11N3O2S/c1-12-5-4-11-8-6-7(15(10,13)14)2-3-9(8)12/h2-6,11H,1H3,(H2,10,13,14)/i1D3. The Morgan fingerprint density at radius 3 is 3.00 bits per heavy atom. The summed E-state index contributed by atoms with van der Waals surface area (Å²) in [4.78, 5) is 1.00. The van der Waals surface area contributed by atoms with Crippen LogP contribution in [-0.4, -0.2) is 15.4 Å². The first-order valence-corrected chi connectivity index (χ1v) is 5.63. The molecule has 1 aliphatic heterocycles. The van der Waals surface area contributed by atoms with Crippen molar-refractivity contribution in [1.29, 1.82) is 0 Å². The van der Waals surface area contributed by atoms with Crippen LogP contribution in [0.2, 0.25) is 0 Å². The van der Waals surface area contributed by atoms with Crippen molar-refractivity contribution < 1.29 is 12.5 Å². The summed E-state index contributed by atoms with van der Waals surface area (Å²) in [5.41, 5.74) is 0.741. The molecule has 0 fully saturated rings. The summed E-state index contributed by atoms with van der Waals surface area (Å²) in [6.07, 6.45) is 2.79. The smallest absolute Gasteiger partial charge is 0.238 e. The lowest BCUT2D eigenvalue weighted by Crippen LogP contribution is -2.17. The maximum Gasteiger partial charge on any atom is 0.238 e. The molecule has 0 bridgehead atoms. The molecule has 5 nitrogen and oxygen atoms in total. The number of benzene rings is 1. The van der Waals surface area contributed by atoms with Crippen molar-refractivity contribution in [3.63, 3.8) is 0 Å². The first-order chi connectivity index (χ1) is 8.19. The van der Waals surface area contributed by atoms with E-state index >= 15 is 0 Å². The van der Waals surface area contributed by atoms with E-state index in [1.165, 1.54) is 30.6 Å². The van der Waals surface area contributed by atoms with Crippen LogP contribution in [0.3, 0.4) is 0 Å². The Hall–Kier alpha value is -1.53. The average molecular weight is 228 g/mol. The van der Waals surface area contributed by atoms with Gasteiger partial charge in [-0.25, -0.2) is 13.6 Å². The Morgan fingerprint density at radius 2 is 2.33 bits per heavy atom. The number of rotatable bonds is 1. The summed E-state index contributed by atoms with van der Waals surface area (Å²) in [6, 6.07) is 3.97. The van der Waals surface area contributed by atoms with Gasteiger partial charge in [0, 0.05) is 23.5 Å². The molecule has 0 radical (unpaired) electrons. The Bertz CT molecular complexity index is 610. The molecule has 0 saturated carbocycles. The van der Waals surface area contributed by atoms with Gasteiger partial charge in [0.1, 0.15) is 0 Å². The van der Waals surface area contributed by atoms with E-state index in [-0.39, 0.29) is 4.90 Å². The summed E-state index contributed by atoms with van der Waals surface area (Å²) < 4.78 is 44.5. The first-order valence-electron chi connectivity index (χ1n) is 5.59. The van der Waals surface area contributed by atoms with Crippen LogP contribution in [-0.2, 0) is 10.0 Å². The van der Waals surface area contributed by atoms with Crippen molar-refractivity contribution in [2.24, 2.45) is 5.14 Å². The van der Waals surface area contributed by atoms with Crippen molar-refractivity contribution >= 4 is 21.4 Å². The fourth-order valence-corrected chi connectivity index (χ4v) is 1.84. The lowest BCUT2D eigenvalue weighted by Gasteiger charge is -2.23. The summed E-state index contributed by atoms with van der Waals surface area (Å²) in [6.45, 7) is -2.34.